The van der Waals surface area contributed by atoms with Crippen LogP contribution in [0.2, 0.25) is 0 Å². The van der Waals surface area contributed by atoms with Gasteiger partial charge in [-0.1, -0.05) is 6.92 Å². The molecule has 0 aromatic carbocycles. The van der Waals surface area contributed by atoms with Gasteiger partial charge in [0, 0.05) is 24.1 Å². The molecule has 2 N–H and O–H groups in total. The zero-order chi connectivity index (χ0) is 14.8. The van der Waals surface area contributed by atoms with Crippen molar-refractivity contribution in [3.8, 4) is 0 Å². The van der Waals surface area contributed by atoms with Crippen LogP contribution in [-0.4, -0.2) is 23.2 Å². The first-order chi connectivity index (χ1) is 9.41. The lowest BCUT2D eigenvalue weighted by molar-refractivity contribution is -0.118. The minimum absolute atomic E-state index is 0.0537. The molecule has 1 aromatic rings. The zero-order valence-electron chi connectivity index (χ0n) is 12.3. The fraction of sp³-hybridized carbons (Fsp3) is 0.562. The van der Waals surface area contributed by atoms with Gasteiger partial charge in [0.2, 0.25) is 5.91 Å². The second-order valence-electron chi connectivity index (χ2n) is 6.24. The van der Waals surface area contributed by atoms with Gasteiger partial charge >= 0.3 is 0 Å². The fourth-order valence-electron chi connectivity index (χ4n) is 2.25. The number of furan rings is 1. The number of hydrogen-bond donors (Lipinski definition) is 2. The molecule has 1 aliphatic rings. The van der Waals surface area contributed by atoms with Crippen LogP contribution in [0.5, 0.6) is 0 Å². The topological polar surface area (TPSA) is 62.5 Å². The highest BCUT2D eigenvalue weighted by molar-refractivity contribution is 5.91. The van der Waals surface area contributed by atoms with E-state index in [4.69, 9.17) is 9.52 Å². The van der Waals surface area contributed by atoms with E-state index >= 15 is 0 Å². The summed E-state index contributed by atoms with van der Waals surface area (Å²) < 4.78 is 5.70. The molecule has 0 spiro atoms. The van der Waals surface area contributed by atoms with Crippen LogP contribution in [0.25, 0.3) is 6.08 Å². The van der Waals surface area contributed by atoms with Crippen LogP contribution in [0.15, 0.2) is 22.6 Å². The van der Waals surface area contributed by atoms with E-state index in [1.807, 2.05) is 26.0 Å². The van der Waals surface area contributed by atoms with Crippen LogP contribution in [0.1, 0.15) is 51.1 Å². The van der Waals surface area contributed by atoms with E-state index in [2.05, 4.69) is 12.2 Å². The van der Waals surface area contributed by atoms with Gasteiger partial charge < -0.3 is 14.8 Å². The second kappa shape index (κ2) is 5.83. The number of aliphatic hydroxyl groups excluding tert-OH is 1. The molecule has 110 valence electrons. The second-order valence-corrected chi connectivity index (χ2v) is 6.24. The first kappa shape index (κ1) is 14.9. The molecular formula is C16H23NO3. The van der Waals surface area contributed by atoms with Crippen LogP contribution < -0.4 is 5.32 Å². The quantitative estimate of drug-likeness (QED) is 0.786. The molecule has 1 aromatic heterocycles. The van der Waals surface area contributed by atoms with Crippen molar-refractivity contribution in [3.63, 3.8) is 0 Å². The summed E-state index contributed by atoms with van der Waals surface area (Å²) in [5, 5.41) is 11.8. The molecule has 20 heavy (non-hydrogen) atoms. The Kier molecular flexibility index (Phi) is 4.33. The lowest BCUT2D eigenvalue weighted by atomic mass is 10.0. The summed E-state index contributed by atoms with van der Waals surface area (Å²) in [6.07, 6.45) is 4.86. The first-order valence-electron chi connectivity index (χ1n) is 7.12. The van der Waals surface area contributed by atoms with E-state index in [9.17, 15) is 4.79 Å². The molecule has 1 fully saturated rings. The summed E-state index contributed by atoms with van der Waals surface area (Å²) in [6, 6.07) is 3.88. The van der Waals surface area contributed by atoms with Crippen molar-refractivity contribution in [2.75, 3.05) is 6.61 Å². The average Bonchev–Trinajstić information content (AvgIpc) is 2.90. The van der Waals surface area contributed by atoms with Gasteiger partial charge in [-0.25, -0.2) is 0 Å². The smallest absolute Gasteiger partial charge is 0.244 e. The standard InChI is InChI=1S/C16H23NO3/c1-11-10-13(11)14-6-4-12(20-14)5-7-15(19)17-16(2,3)8-9-18/h4-7,11,13,18H,8-10H2,1-3H3,(H,17,19)/b7-5+. The Morgan fingerprint density at radius 1 is 1.55 bits per heavy atom. The van der Waals surface area contributed by atoms with Gasteiger partial charge in [-0.05, 0) is 50.8 Å². The number of carbonyl (C=O) groups is 1. The lowest BCUT2D eigenvalue weighted by Gasteiger charge is -2.24. The minimum Gasteiger partial charge on any atom is -0.461 e. The zero-order valence-corrected chi connectivity index (χ0v) is 12.3. The van der Waals surface area contributed by atoms with Crippen molar-refractivity contribution < 1.29 is 14.3 Å². The molecule has 0 saturated heterocycles. The highest BCUT2D eigenvalue weighted by atomic mass is 16.3. The van der Waals surface area contributed by atoms with Crippen LogP contribution in [0.4, 0.5) is 0 Å². The lowest BCUT2D eigenvalue weighted by Crippen LogP contribution is -2.43. The molecule has 1 heterocycles. The van der Waals surface area contributed by atoms with E-state index in [1.54, 1.807) is 6.08 Å². The van der Waals surface area contributed by atoms with E-state index in [-0.39, 0.29) is 12.5 Å². The highest BCUT2D eigenvalue weighted by Crippen LogP contribution is 2.47. The summed E-state index contributed by atoms with van der Waals surface area (Å²) in [5.74, 6) is 2.79. The Balaban J connectivity index is 1.89. The molecule has 4 heteroatoms. The van der Waals surface area contributed by atoms with Crippen LogP contribution in [0, 0.1) is 5.92 Å². The van der Waals surface area contributed by atoms with Gasteiger partial charge in [-0.3, -0.25) is 4.79 Å². The van der Waals surface area contributed by atoms with Crippen molar-refractivity contribution in [1.82, 2.24) is 5.32 Å². The molecule has 2 rings (SSSR count). The monoisotopic (exact) mass is 277 g/mol. The molecule has 2 atom stereocenters. The van der Waals surface area contributed by atoms with Crippen LogP contribution in [0.3, 0.4) is 0 Å². The predicted molar refractivity (Wildman–Crippen MR) is 78.2 cm³/mol. The van der Waals surface area contributed by atoms with E-state index in [0.717, 1.165) is 5.76 Å². The molecule has 1 saturated carbocycles. The van der Waals surface area contributed by atoms with Crippen molar-refractivity contribution in [2.24, 2.45) is 5.92 Å². The van der Waals surface area contributed by atoms with Gasteiger partial charge in [-0.2, -0.15) is 0 Å². The summed E-state index contributed by atoms with van der Waals surface area (Å²) in [4.78, 5) is 11.8. The van der Waals surface area contributed by atoms with Crippen LogP contribution >= 0.6 is 0 Å². The van der Waals surface area contributed by atoms with E-state index < -0.39 is 5.54 Å². The Morgan fingerprint density at radius 3 is 2.85 bits per heavy atom. The molecule has 1 aliphatic carbocycles. The minimum atomic E-state index is -0.409. The van der Waals surface area contributed by atoms with Crippen molar-refractivity contribution in [2.45, 2.75) is 45.1 Å². The molecule has 0 bridgehead atoms. The first-order valence-corrected chi connectivity index (χ1v) is 7.12. The summed E-state index contributed by atoms with van der Waals surface area (Å²) in [7, 11) is 0. The van der Waals surface area contributed by atoms with Gasteiger partial charge in [0.05, 0.1) is 0 Å². The number of nitrogens with one attached hydrogen (secondary N) is 1. The predicted octanol–water partition coefficient (Wildman–Crippen LogP) is 2.69. The molecule has 0 radical (unpaired) electrons. The third-order valence-electron chi connectivity index (χ3n) is 3.72. The maximum Gasteiger partial charge on any atom is 0.244 e. The maximum atomic E-state index is 11.8. The Bertz CT molecular complexity index is 502. The summed E-state index contributed by atoms with van der Waals surface area (Å²) in [5.41, 5.74) is -0.409. The summed E-state index contributed by atoms with van der Waals surface area (Å²) >= 11 is 0. The van der Waals surface area contributed by atoms with Crippen molar-refractivity contribution >= 4 is 12.0 Å². The third-order valence-corrected chi connectivity index (χ3v) is 3.72. The number of hydrogen-bond acceptors (Lipinski definition) is 3. The molecule has 0 aliphatic heterocycles. The Labute approximate surface area is 119 Å². The third kappa shape index (κ3) is 3.97. The number of carbonyl (C=O) groups excluding carboxylic acids is 1. The SMILES string of the molecule is CC1CC1c1ccc(/C=C/C(=O)NC(C)(C)CCO)o1. The van der Waals surface area contributed by atoms with E-state index in [0.29, 0.717) is 24.0 Å². The fourth-order valence-corrected chi connectivity index (χ4v) is 2.25. The van der Waals surface area contributed by atoms with E-state index in [1.165, 1.54) is 12.5 Å². The summed E-state index contributed by atoms with van der Waals surface area (Å²) in [6.45, 7) is 6.03. The Hall–Kier alpha value is -1.55. The van der Waals surface area contributed by atoms with Gasteiger partial charge in [-0.15, -0.1) is 0 Å². The average molecular weight is 277 g/mol. The molecular weight excluding hydrogens is 254 g/mol. The largest absolute Gasteiger partial charge is 0.461 e. The van der Waals surface area contributed by atoms with Gasteiger partial charge in [0.25, 0.3) is 0 Å². The number of amides is 1. The molecule has 1 amide bonds. The van der Waals surface area contributed by atoms with Crippen LogP contribution in [-0.2, 0) is 4.79 Å². The molecule has 4 nitrogen and oxygen atoms in total. The van der Waals surface area contributed by atoms with Gasteiger partial charge in [0.15, 0.2) is 0 Å². The van der Waals surface area contributed by atoms with Gasteiger partial charge in [0.1, 0.15) is 11.5 Å². The highest BCUT2D eigenvalue weighted by Gasteiger charge is 2.36. The number of aliphatic hydroxyl groups is 1. The molecule has 2 unspecified atom stereocenters. The Morgan fingerprint density at radius 2 is 2.25 bits per heavy atom. The number of rotatable bonds is 6. The van der Waals surface area contributed by atoms with Crippen molar-refractivity contribution in [1.29, 1.82) is 0 Å². The van der Waals surface area contributed by atoms with Crippen molar-refractivity contribution in [3.05, 3.63) is 29.7 Å². The maximum absolute atomic E-state index is 11.8. The normalized spacial score (nSPS) is 22.2.